The maximum atomic E-state index is 12.8. The molecule has 1 rings (SSSR count). The minimum atomic E-state index is -3.13. The number of aliphatic imine (C=N–C) groups is 1. The molecule has 6 nitrogen and oxygen atoms in total. The van der Waals surface area contributed by atoms with Crippen LogP contribution in [0.3, 0.4) is 0 Å². The van der Waals surface area contributed by atoms with Gasteiger partial charge in [-0.1, -0.05) is 12.1 Å². The average molecular weight is 444 g/mol. The summed E-state index contributed by atoms with van der Waals surface area (Å²) < 4.78 is 36.9. The molecule has 0 fully saturated rings. The average Bonchev–Trinajstić information content (AvgIpc) is 2.42. The van der Waals surface area contributed by atoms with E-state index in [0.29, 0.717) is 32.0 Å². The molecule has 126 valence electrons. The number of halogens is 2. The second-order valence-electron chi connectivity index (χ2n) is 4.50. The van der Waals surface area contributed by atoms with Gasteiger partial charge >= 0.3 is 0 Å². The molecule has 0 aliphatic rings. The van der Waals surface area contributed by atoms with Crippen molar-refractivity contribution in [2.75, 3.05) is 26.4 Å². The van der Waals surface area contributed by atoms with Crippen LogP contribution in [0.4, 0.5) is 4.39 Å². The van der Waals surface area contributed by atoms with Crippen molar-refractivity contribution in [3.05, 3.63) is 35.6 Å². The molecule has 3 N–H and O–H groups in total. The first-order chi connectivity index (χ1) is 9.90. The van der Waals surface area contributed by atoms with Crippen molar-refractivity contribution in [1.82, 2.24) is 15.4 Å². The number of hydrogen-bond donors (Lipinski definition) is 3. The summed E-state index contributed by atoms with van der Waals surface area (Å²) in [6.45, 7) is 1.49. The van der Waals surface area contributed by atoms with Gasteiger partial charge in [0.25, 0.3) is 0 Å². The van der Waals surface area contributed by atoms with E-state index < -0.39 is 10.0 Å². The molecule has 0 bridgehead atoms. The van der Waals surface area contributed by atoms with Gasteiger partial charge in [-0.2, -0.15) is 0 Å². The number of nitrogens with one attached hydrogen (secondary N) is 3. The molecule has 0 aliphatic carbocycles. The molecule has 0 aliphatic heterocycles. The third-order valence-electron chi connectivity index (χ3n) is 2.61. The van der Waals surface area contributed by atoms with Crippen LogP contribution in [-0.4, -0.2) is 40.8 Å². The Bertz CT molecular complexity index is 564. The van der Waals surface area contributed by atoms with Crippen molar-refractivity contribution in [2.45, 2.75) is 13.0 Å². The molecular formula is C13H22FIN4O2S. The van der Waals surface area contributed by atoms with E-state index in [1.54, 1.807) is 19.2 Å². The van der Waals surface area contributed by atoms with Crippen molar-refractivity contribution >= 4 is 40.0 Å². The van der Waals surface area contributed by atoms with E-state index in [1.807, 2.05) is 0 Å². The Kier molecular flexibility index (Phi) is 10.3. The molecular weight excluding hydrogens is 422 g/mol. The van der Waals surface area contributed by atoms with Gasteiger partial charge in [0.05, 0.1) is 6.26 Å². The highest BCUT2D eigenvalue weighted by Crippen LogP contribution is 2.01. The molecule has 0 saturated carbocycles. The van der Waals surface area contributed by atoms with Crippen molar-refractivity contribution in [1.29, 1.82) is 0 Å². The molecule has 0 atom stereocenters. The lowest BCUT2D eigenvalue weighted by Crippen LogP contribution is -2.38. The molecule has 0 aromatic heterocycles. The molecule has 0 amide bonds. The van der Waals surface area contributed by atoms with Gasteiger partial charge in [-0.15, -0.1) is 24.0 Å². The Hall–Kier alpha value is -0.940. The Morgan fingerprint density at radius 3 is 2.36 bits per heavy atom. The highest BCUT2D eigenvalue weighted by Gasteiger charge is 2.01. The zero-order chi connectivity index (χ0) is 15.7. The van der Waals surface area contributed by atoms with Gasteiger partial charge in [0.2, 0.25) is 10.0 Å². The van der Waals surface area contributed by atoms with Gasteiger partial charge in [0.1, 0.15) is 5.82 Å². The predicted molar refractivity (Wildman–Crippen MR) is 97.5 cm³/mol. The quantitative estimate of drug-likeness (QED) is 0.254. The van der Waals surface area contributed by atoms with Crippen molar-refractivity contribution < 1.29 is 12.8 Å². The molecule has 1 aromatic rings. The van der Waals surface area contributed by atoms with E-state index in [2.05, 4.69) is 20.3 Å². The summed E-state index contributed by atoms with van der Waals surface area (Å²) in [6, 6.07) is 6.21. The fourth-order valence-corrected chi connectivity index (χ4v) is 2.08. The fraction of sp³-hybridized carbons (Fsp3) is 0.462. The highest BCUT2D eigenvalue weighted by molar-refractivity contribution is 14.0. The summed E-state index contributed by atoms with van der Waals surface area (Å²) in [7, 11) is -1.49. The molecule has 1 aromatic carbocycles. The van der Waals surface area contributed by atoms with Crippen LogP contribution in [0.2, 0.25) is 0 Å². The molecule has 9 heteroatoms. The predicted octanol–water partition coefficient (Wildman–Crippen LogP) is 1.05. The molecule has 0 unspecified atom stereocenters. The maximum absolute atomic E-state index is 12.8. The minimum Gasteiger partial charge on any atom is -0.356 e. The number of guanidine groups is 1. The highest BCUT2D eigenvalue weighted by atomic mass is 127. The van der Waals surface area contributed by atoms with E-state index >= 15 is 0 Å². The summed E-state index contributed by atoms with van der Waals surface area (Å²) in [6.07, 6.45) is 1.77. The Balaban J connectivity index is 0.00000441. The summed E-state index contributed by atoms with van der Waals surface area (Å²) in [5.41, 5.74) is 0.943. The summed E-state index contributed by atoms with van der Waals surface area (Å²) in [5.74, 6) is 0.346. The monoisotopic (exact) mass is 444 g/mol. The normalized spacial score (nSPS) is 11.7. The van der Waals surface area contributed by atoms with Crippen LogP contribution in [0, 0.1) is 5.82 Å². The summed E-state index contributed by atoms with van der Waals surface area (Å²) >= 11 is 0. The van der Waals surface area contributed by atoms with Crippen LogP contribution < -0.4 is 15.4 Å². The summed E-state index contributed by atoms with van der Waals surface area (Å²) in [4.78, 5) is 4.05. The second-order valence-corrected chi connectivity index (χ2v) is 6.33. The van der Waals surface area contributed by atoms with Gasteiger partial charge in [0.15, 0.2) is 5.96 Å². The molecule has 22 heavy (non-hydrogen) atoms. The lowest BCUT2D eigenvalue weighted by molar-refractivity contribution is 0.584. The third kappa shape index (κ3) is 9.90. The van der Waals surface area contributed by atoms with E-state index in [4.69, 9.17) is 0 Å². The fourth-order valence-electron chi connectivity index (χ4n) is 1.56. The largest absolute Gasteiger partial charge is 0.356 e. The summed E-state index contributed by atoms with van der Waals surface area (Å²) in [5, 5.41) is 6.16. The van der Waals surface area contributed by atoms with Crippen LogP contribution in [-0.2, 0) is 16.6 Å². The van der Waals surface area contributed by atoms with Gasteiger partial charge in [-0.25, -0.2) is 17.5 Å². The van der Waals surface area contributed by atoms with Gasteiger partial charge in [-0.05, 0) is 24.1 Å². The number of rotatable bonds is 7. The van der Waals surface area contributed by atoms with Gasteiger partial charge in [-0.3, -0.25) is 4.99 Å². The van der Waals surface area contributed by atoms with E-state index in [1.165, 1.54) is 12.1 Å². The van der Waals surface area contributed by atoms with Crippen LogP contribution in [0.25, 0.3) is 0 Å². The molecule has 0 radical (unpaired) electrons. The lowest BCUT2D eigenvalue weighted by Gasteiger charge is -2.12. The van der Waals surface area contributed by atoms with Crippen molar-refractivity contribution in [2.24, 2.45) is 4.99 Å². The Morgan fingerprint density at radius 2 is 1.82 bits per heavy atom. The van der Waals surface area contributed by atoms with E-state index in [0.717, 1.165) is 11.8 Å². The first kappa shape index (κ1) is 21.1. The standard InChI is InChI=1S/C13H21FN4O2S.HI/c1-15-13(16-8-3-9-18-21(2,19)20)17-10-11-4-6-12(14)7-5-11;/h4-7,18H,3,8-10H2,1-2H3,(H2,15,16,17);1H. The van der Waals surface area contributed by atoms with Crippen molar-refractivity contribution in [3.63, 3.8) is 0 Å². The molecule has 0 spiro atoms. The van der Waals surface area contributed by atoms with Crippen molar-refractivity contribution in [3.8, 4) is 0 Å². The van der Waals surface area contributed by atoms with Crippen LogP contribution in [0.15, 0.2) is 29.3 Å². The minimum absolute atomic E-state index is 0. The number of nitrogens with zero attached hydrogens (tertiary/aromatic N) is 1. The maximum Gasteiger partial charge on any atom is 0.208 e. The van der Waals surface area contributed by atoms with E-state index in [9.17, 15) is 12.8 Å². The van der Waals surface area contributed by atoms with Gasteiger partial charge in [0, 0.05) is 26.7 Å². The lowest BCUT2D eigenvalue weighted by atomic mass is 10.2. The SMILES string of the molecule is CN=C(NCCCNS(C)(=O)=O)NCc1ccc(F)cc1.I. The molecule has 0 heterocycles. The van der Waals surface area contributed by atoms with Gasteiger partial charge < -0.3 is 10.6 Å². The number of hydrogen-bond acceptors (Lipinski definition) is 3. The van der Waals surface area contributed by atoms with Crippen LogP contribution >= 0.6 is 24.0 Å². The van der Waals surface area contributed by atoms with E-state index in [-0.39, 0.29) is 29.8 Å². The molecule has 0 saturated heterocycles. The zero-order valence-electron chi connectivity index (χ0n) is 12.6. The Labute approximate surface area is 148 Å². The van der Waals surface area contributed by atoms with Crippen LogP contribution in [0.1, 0.15) is 12.0 Å². The zero-order valence-corrected chi connectivity index (χ0v) is 15.7. The smallest absolute Gasteiger partial charge is 0.208 e. The number of sulfonamides is 1. The topological polar surface area (TPSA) is 82.6 Å². The van der Waals surface area contributed by atoms with Crippen LogP contribution in [0.5, 0.6) is 0 Å². The second kappa shape index (κ2) is 10.7. The first-order valence-electron chi connectivity index (χ1n) is 6.54. The third-order valence-corrected chi connectivity index (χ3v) is 3.34. The number of benzene rings is 1. The Morgan fingerprint density at radius 1 is 1.18 bits per heavy atom. The first-order valence-corrected chi connectivity index (χ1v) is 8.43.